The highest BCUT2D eigenvalue weighted by molar-refractivity contribution is 5.96. The molecule has 1 aliphatic rings. The second-order valence-electron chi connectivity index (χ2n) is 5.64. The van der Waals surface area contributed by atoms with E-state index in [-0.39, 0.29) is 11.9 Å². The third-order valence-corrected chi connectivity index (χ3v) is 4.26. The van der Waals surface area contributed by atoms with Crippen LogP contribution in [0.5, 0.6) is 0 Å². The fourth-order valence-corrected chi connectivity index (χ4v) is 2.75. The van der Waals surface area contributed by atoms with E-state index in [1.165, 1.54) is 16.7 Å². The van der Waals surface area contributed by atoms with Crippen LogP contribution in [0, 0.1) is 13.8 Å². The fraction of sp³-hybridized carbons (Fsp3) is 0.278. The summed E-state index contributed by atoms with van der Waals surface area (Å²) in [6.45, 7) is 4.84. The summed E-state index contributed by atoms with van der Waals surface area (Å²) in [5.74, 6) is 0.0400. The molecule has 0 saturated carbocycles. The van der Waals surface area contributed by atoms with Gasteiger partial charge in [0.1, 0.15) is 0 Å². The Kier molecular flexibility index (Phi) is 3.76. The molecule has 0 fully saturated rings. The zero-order chi connectivity index (χ0) is 14.8. The lowest BCUT2D eigenvalue weighted by atomic mass is 9.95. The average Bonchev–Trinajstić information content (AvgIpc) is 2.51. The maximum atomic E-state index is 12.5. The Morgan fingerprint density at radius 2 is 1.86 bits per heavy atom. The van der Waals surface area contributed by atoms with E-state index >= 15 is 0 Å². The van der Waals surface area contributed by atoms with Crippen LogP contribution < -0.4 is 10.6 Å². The minimum absolute atomic E-state index is 0.0400. The topological polar surface area (TPSA) is 41.1 Å². The zero-order valence-corrected chi connectivity index (χ0v) is 12.4. The Hall–Kier alpha value is -2.13. The number of hydrogen-bond acceptors (Lipinski definition) is 2. The van der Waals surface area contributed by atoms with Gasteiger partial charge in [0, 0.05) is 12.2 Å². The number of benzene rings is 2. The first-order valence-corrected chi connectivity index (χ1v) is 7.32. The largest absolute Gasteiger partial charge is 0.324 e. The van der Waals surface area contributed by atoms with Crippen molar-refractivity contribution in [3.8, 4) is 0 Å². The first-order valence-electron chi connectivity index (χ1n) is 7.32. The van der Waals surface area contributed by atoms with Crippen LogP contribution in [0.2, 0.25) is 0 Å². The SMILES string of the molecule is Cc1cccc(NC(=O)C2Cc3ccccc3CN2)c1C. The molecule has 0 bridgehead atoms. The summed E-state index contributed by atoms with van der Waals surface area (Å²) in [6.07, 6.45) is 0.743. The maximum Gasteiger partial charge on any atom is 0.241 e. The Bertz CT molecular complexity index is 679. The van der Waals surface area contributed by atoms with E-state index in [1.807, 2.05) is 31.2 Å². The van der Waals surface area contributed by atoms with Gasteiger partial charge < -0.3 is 10.6 Å². The quantitative estimate of drug-likeness (QED) is 0.888. The van der Waals surface area contributed by atoms with Gasteiger partial charge in [-0.3, -0.25) is 4.79 Å². The highest BCUT2D eigenvalue weighted by Crippen LogP contribution is 2.20. The van der Waals surface area contributed by atoms with Gasteiger partial charge in [-0.1, -0.05) is 36.4 Å². The van der Waals surface area contributed by atoms with Crippen molar-refractivity contribution in [2.75, 3.05) is 5.32 Å². The number of fused-ring (bicyclic) bond motifs is 1. The van der Waals surface area contributed by atoms with Gasteiger partial charge in [0.05, 0.1) is 6.04 Å². The van der Waals surface area contributed by atoms with Crippen molar-refractivity contribution in [1.29, 1.82) is 0 Å². The minimum atomic E-state index is -0.167. The van der Waals surface area contributed by atoms with Crippen molar-refractivity contribution in [2.24, 2.45) is 0 Å². The molecule has 108 valence electrons. The smallest absolute Gasteiger partial charge is 0.241 e. The number of rotatable bonds is 2. The summed E-state index contributed by atoms with van der Waals surface area (Å²) in [5, 5.41) is 6.37. The highest BCUT2D eigenvalue weighted by Gasteiger charge is 2.24. The second-order valence-corrected chi connectivity index (χ2v) is 5.64. The predicted octanol–water partition coefficient (Wildman–Crippen LogP) is 2.96. The van der Waals surface area contributed by atoms with Gasteiger partial charge in [0.15, 0.2) is 0 Å². The van der Waals surface area contributed by atoms with Crippen molar-refractivity contribution in [1.82, 2.24) is 5.32 Å². The number of hydrogen-bond donors (Lipinski definition) is 2. The van der Waals surface area contributed by atoms with Gasteiger partial charge >= 0.3 is 0 Å². The van der Waals surface area contributed by atoms with Crippen molar-refractivity contribution in [2.45, 2.75) is 32.9 Å². The Morgan fingerprint density at radius 1 is 1.10 bits per heavy atom. The van der Waals surface area contributed by atoms with Crippen LogP contribution in [0.1, 0.15) is 22.3 Å². The van der Waals surface area contributed by atoms with E-state index in [9.17, 15) is 4.79 Å². The monoisotopic (exact) mass is 280 g/mol. The van der Waals surface area contributed by atoms with Crippen LogP contribution >= 0.6 is 0 Å². The van der Waals surface area contributed by atoms with Gasteiger partial charge in [-0.15, -0.1) is 0 Å². The molecule has 1 unspecified atom stereocenters. The van der Waals surface area contributed by atoms with Crippen molar-refractivity contribution in [3.05, 3.63) is 64.7 Å². The number of amides is 1. The zero-order valence-electron chi connectivity index (χ0n) is 12.4. The van der Waals surface area contributed by atoms with Crippen LogP contribution in [0.25, 0.3) is 0 Å². The van der Waals surface area contributed by atoms with Crippen LogP contribution in [0.15, 0.2) is 42.5 Å². The molecule has 2 aromatic carbocycles. The van der Waals surface area contributed by atoms with Gasteiger partial charge in [0.2, 0.25) is 5.91 Å². The summed E-state index contributed by atoms with van der Waals surface area (Å²) in [7, 11) is 0. The van der Waals surface area contributed by atoms with E-state index in [0.717, 1.165) is 24.2 Å². The minimum Gasteiger partial charge on any atom is -0.324 e. The molecule has 2 aromatic rings. The van der Waals surface area contributed by atoms with Crippen molar-refractivity contribution < 1.29 is 4.79 Å². The van der Waals surface area contributed by atoms with Gasteiger partial charge in [-0.05, 0) is 48.6 Å². The molecule has 1 aliphatic heterocycles. The summed E-state index contributed by atoms with van der Waals surface area (Å²) in [6, 6.07) is 14.1. The molecule has 1 heterocycles. The molecule has 2 N–H and O–H groups in total. The molecule has 0 spiro atoms. The number of nitrogens with one attached hydrogen (secondary N) is 2. The van der Waals surface area contributed by atoms with Crippen molar-refractivity contribution in [3.63, 3.8) is 0 Å². The summed E-state index contributed by atoms with van der Waals surface area (Å²) >= 11 is 0. The normalized spacial score (nSPS) is 17.1. The molecule has 3 rings (SSSR count). The van der Waals surface area contributed by atoms with E-state index < -0.39 is 0 Å². The maximum absolute atomic E-state index is 12.5. The van der Waals surface area contributed by atoms with Gasteiger partial charge in [-0.2, -0.15) is 0 Å². The number of anilines is 1. The molecule has 3 heteroatoms. The third kappa shape index (κ3) is 2.83. The van der Waals surface area contributed by atoms with E-state index in [2.05, 4.69) is 35.8 Å². The third-order valence-electron chi connectivity index (χ3n) is 4.26. The first-order chi connectivity index (χ1) is 10.1. The lowest BCUT2D eigenvalue weighted by Crippen LogP contribution is -2.44. The first kappa shape index (κ1) is 13.8. The predicted molar refractivity (Wildman–Crippen MR) is 85.3 cm³/mol. The van der Waals surface area contributed by atoms with Gasteiger partial charge in [-0.25, -0.2) is 0 Å². The van der Waals surface area contributed by atoms with Gasteiger partial charge in [0.25, 0.3) is 0 Å². The summed E-state index contributed by atoms with van der Waals surface area (Å²) in [5.41, 5.74) is 5.77. The van der Waals surface area contributed by atoms with E-state index in [0.29, 0.717) is 0 Å². The van der Waals surface area contributed by atoms with E-state index in [1.54, 1.807) is 0 Å². The summed E-state index contributed by atoms with van der Waals surface area (Å²) in [4.78, 5) is 12.5. The molecule has 3 nitrogen and oxygen atoms in total. The van der Waals surface area contributed by atoms with E-state index in [4.69, 9.17) is 0 Å². The molecule has 1 atom stereocenters. The highest BCUT2D eigenvalue weighted by atomic mass is 16.2. The molecular weight excluding hydrogens is 260 g/mol. The molecule has 0 saturated heterocycles. The van der Waals surface area contributed by atoms with Crippen LogP contribution in [0.3, 0.4) is 0 Å². The average molecular weight is 280 g/mol. The molecule has 0 aliphatic carbocycles. The van der Waals surface area contributed by atoms with Crippen molar-refractivity contribution >= 4 is 11.6 Å². The van der Waals surface area contributed by atoms with Crippen LogP contribution in [-0.4, -0.2) is 11.9 Å². The molecule has 1 amide bonds. The van der Waals surface area contributed by atoms with Crippen LogP contribution in [0.4, 0.5) is 5.69 Å². The molecular formula is C18H20N2O. The lowest BCUT2D eigenvalue weighted by Gasteiger charge is -2.25. The number of carbonyl (C=O) groups excluding carboxylic acids is 1. The molecule has 0 aromatic heterocycles. The Labute approximate surface area is 125 Å². The Balaban J connectivity index is 1.74. The summed E-state index contributed by atoms with van der Waals surface area (Å²) < 4.78 is 0. The molecule has 21 heavy (non-hydrogen) atoms. The van der Waals surface area contributed by atoms with Crippen LogP contribution in [-0.2, 0) is 17.8 Å². The number of carbonyl (C=O) groups is 1. The Morgan fingerprint density at radius 3 is 2.67 bits per heavy atom. The number of aryl methyl sites for hydroxylation is 1. The lowest BCUT2D eigenvalue weighted by molar-refractivity contribution is -0.118. The molecule has 0 radical (unpaired) electrons. The second kappa shape index (κ2) is 5.70. The fourth-order valence-electron chi connectivity index (χ4n) is 2.75. The standard InChI is InChI=1S/C18H20N2O/c1-12-6-5-9-16(13(12)2)20-18(21)17-10-14-7-3-4-8-15(14)11-19-17/h3-9,17,19H,10-11H2,1-2H3,(H,20,21).